The van der Waals surface area contributed by atoms with E-state index < -0.39 is 15.9 Å². The molecular formula is C17H24NO4S-. The molecule has 128 valence electrons. The molecule has 23 heavy (non-hydrogen) atoms. The normalized spacial score (nSPS) is 17.3. The molecule has 0 aliphatic heterocycles. The topological polar surface area (TPSA) is 77.5 Å². The molecule has 1 aliphatic carbocycles. The number of hydrogen-bond acceptors (Lipinski definition) is 4. The fourth-order valence-corrected chi connectivity index (χ4v) is 4.02. The maximum absolute atomic E-state index is 11.9. The third-order valence-corrected chi connectivity index (χ3v) is 6.24. The first-order chi connectivity index (χ1) is 11.0. The van der Waals surface area contributed by atoms with Gasteiger partial charge in [-0.3, -0.25) is 0 Å². The zero-order valence-corrected chi connectivity index (χ0v) is 14.3. The summed E-state index contributed by atoms with van der Waals surface area (Å²) in [5.74, 6) is 0.0270. The molecule has 1 fully saturated rings. The van der Waals surface area contributed by atoms with Gasteiger partial charge in [0.05, 0.1) is 10.6 Å². The highest BCUT2D eigenvalue weighted by Gasteiger charge is 2.21. The van der Waals surface area contributed by atoms with E-state index in [-0.39, 0.29) is 16.7 Å². The molecular weight excluding hydrogens is 314 g/mol. The van der Waals surface area contributed by atoms with Crippen LogP contribution in [0.4, 0.5) is 10.5 Å². The zero-order valence-electron chi connectivity index (χ0n) is 13.5. The number of anilines is 1. The predicted octanol–water partition coefficient (Wildman–Crippen LogP) is 2.74. The molecule has 5 nitrogen and oxygen atoms in total. The fraction of sp³-hybridized carbons (Fsp3) is 0.588. The minimum atomic E-state index is -3.28. The molecule has 0 aromatic heterocycles. The maximum atomic E-state index is 11.9. The molecule has 0 saturated heterocycles. The van der Waals surface area contributed by atoms with Gasteiger partial charge in [0.25, 0.3) is 0 Å². The summed E-state index contributed by atoms with van der Waals surface area (Å²) in [5.41, 5.74) is 0.491. The molecule has 0 N–H and O–H groups in total. The molecule has 0 spiro atoms. The van der Waals surface area contributed by atoms with E-state index in [4.69, 9.17) is 0 Å². The lowest BCUT2D eigenvalue weighted by atomic mass is 9.95. The van der Waals surface area contributed by atoms with Crippen molar-refractivity contribution in [2.45, 2.75) is 62.8 Å². The van der Waals surface area contributed by atoms with E-state index in [2.05, 4.69) is 0 Å². The number of amides is 1. The van der Waals surface area contributed by atoms with Gasteiger partial charge in [0.2, 0.25) is 0 Å². The third kappa shape index (κ3) is 4.47. The van der Waals surface area contributed by atoms with Crippen LogP contribution in [0.15, 0.2) is 29.2 Å². The quantitative estimate of drug-likeness (QED) is 0.846. The summed E-state index contributed by atoms with van der Waals surface area (Å²) in [5, 5.41) is 11.6. The number of carbonyl (C=O) groups excluding carboxylic acids is 1. The van der Waals surface area contributed by atoms with E-state index >= 15 is 0 Å². The van der Waals surface area contributed by atoms with Gasteiger partial charge in [0, 0.05) is 11.7 Å². The van der Waals surface area contributed by atoms with Crippen molar-refractivity contribution < 1.29 is 18.3 Å². The Balaban J connectivity index is 2.25. The molecule has 0 bridgehead atoms. The SMILES string of the molecule is CCS(=O)(=O)c1ccc(N(C(=O)[O-])C2CCCCCCC2)cc1. The Bertz CT molecular complexity index is 616. The van der Waals surface area contributed by atoms with Crippen molar-refractivity contribution in [2.24, 2.45) is 0 Å². The third-order valence-electron chi connectivity index (χ3n) is 4.49. The molecule has 1 amide bonds. The van der Waals surface area contributed by atoms with Gasteiger partial charge in [-0.2, -0.15) is 0 Å². The second-order valence-corrected chi connectivity index (χ2v) is 8.31. The number of sulfone groups is 1. The van der Waals surface area contributed by atoms with Crippen LogP contribution in [-0.4, -0.2) is 26.3 Å². The second-order valence-electron chi connectivity index (χ2n) is 6.03. The lowest BCUT2D eigenvalue weighted by Crippen LogP contribution is -2.48. The molecule has 0 heterocycles. The number of benzene rings is 1. The van der Waals surface area contributed by atoms with Gasteiger partial charge in [-0.15, -0.1) is 0 Å². The molecule has 2 rings (SSSR count). The Morgan fingerprint density at radius 1 is 1.09 bits per heavy atom. The van der Waals surface area contributed by atoms with E-state index in [1.165, 1.54) is 23.5 Å². The highest BCUT2D eigenvalue weighted by molar-refractivity contribution is 7.91. The summed E-state index contributed by atoms with van der Waals surface area (Å²) in [4.78, 5) is 13.2. The molecule has 0 unspecified atom stereocenters. The van der Waals surface area contributed by atoms with Crippen molar-refractivity contribution >= 4 is 21.6 Å². The van der Waals surface area contributed by atoms with Crippen LogP contribution in [0.1, 0.15) is 51.9 Å². The minimum absolute atomic E-state index is 0.0270. The molecule has 1 aromatic rings. The molecule has 1 saturated carbocycles. The first-order valence-electron chi connectivity index (χ1n) is 8.28. The van der Waals surface area contributed by atoms with Crippen molar-refractivity contribution in [3.8, 4) is 0 Å². The van der Waals surface area contributed by atoms with Gasteiger partial charge in [-0.05, 0) is 37.1 Å². The van der Waals surface area contributed by atoms with Crippen LogP contribution >= 0.6 is 0 Å². The average molecular weight is 338 g/mol. The smallest absolute Gasteiger partial charge is 0.178 e. The van der Waals surface area contributed by atoms with E-state index in [0.29, 0.717) is 5.69 Å². The summed E-state index contributed by atoms with van der Waals surface area (Å²) in [6.45, 7) is 1.59. The summed E-state index contributed by atoms with van der Waals surface area (Å²) < 4.78 is 23.7. The van der Waals surface area contributed by atoms with Crippen LogP contribution < -0.4 is 10.0 Å². The van der Waals surface area contributed by atoms with Crippen molar-refractivity contribution in [1.29, 1.82) is 0 Å². The Morgan fingerprint density at radius 3 is 2.09 bits per heavy atom. The molecule has 1 aromatic carbocycles. The first-order valence-corrected chi connectivity index (χ1v) is 9.94. The van der Waals surface area contributed by atoms with Crippen LogP contribution in [0, 0.1) is 0 Å². The molecule has 0 radical (unpaired) electrons. The summed E-state index contributed by atoms with van der Waals surface area (Å²) in [6.07, 6.45) is 5.92. The highest BCUT2D eigenvalue weighted by Crippen LogP contribution is 2.27. The Hall–Kier alpha value is -1.56. The van der Waals surface area contributed by atoms with Gasteiger partial charge < -0.3 is 14.8 Å². The van der Waals surface area contributed by atoms with E-state index in [0.717, 1.165) is 38.5 Å². The van der Waals surface area contributed by atoms with Crippen LogP contribution in [0.2, 0.25) is 0 Å². The lowest BCUT2D eigenvalue weighted by Gasteiger charge is -2.35. The largest absolute Gasteiger partial charge is 0.530 e. The Morgan fingerprint density at radius 2 is 1.61 bits per heavy atom. The minimum Gasteiger partial charge on any atom is -0.530 e. The summed E-state index contributed by atoms with van der Waals surface area (Å²) in [6, 6.07) is 6.00. The zero-order chi connectivity index (χ0) is 16.9. The van der Waals surface area contributed by atoms with E-state index in [1.54, 1.807) is 19.1 Å². The number of carbonyl (C=O) groups is 1. The van der Waals surface area contributed by atoms with E-state index in [1.807, 2.05) is 0 Å². The number of nitrogens with zero attached hydrogens (tertiary/aromatic N) is 1. The van der Waals surface area contributed by atoms with Gasteiger partial charge in [0.15, 0.2) is 9.84 Å². The van der Waals surface area contributed by atoms with Gasteiger partial charge in [-0.1, -0.05) is 39.0 Å². The van der Waals surface area contributed by atoms with Crippen LogP contribution in [0.5, 0.6) is 0 Å². The monoisotopic (exact) mass is 338 g/mol. The van der Waals surface area contributed by atoms with Gasteiger partial charge in [0.1, 0.15) is 6.09 Å². The lowest BCUT2D eigenvalue weighted by molar-refractivity contribution is -0.247. The number of hydrogen-bond donors (Lipinski definition) is 0. The van der Waals surface area contributed by atoms with Gasteiger partial charge in [-0.25, -0.2) is 8.42 Å². The van der Waals surface area contributed by atoms with Crippen molar-refractivity contribution in [2.75, 3.05) is 10.7 Å². The Labute approximate surface area is 138 Å². The van der Waals surface area contributed by atoms with Crippen molar-refractivity contribution in [1.82, 2.24) is 0 Å². The van der Waals surface area contributed by atoms with Crippen LogP contribution in [0.25, 0.3) is 0 Å². The van der Waals surface area contributed by atoms with Crippen molar-refractivity contribution in [3.05, 3.63) is 24.3 Å². The molecule has 6 heteroatoms. The fourth-order valence-electron chi connectivity index (χ4n) is 3.14. The first kappa shape index (κ1) is 17.8. The van der Waals surface area contributed by atoms with Crippen molar-refractivity contribution in [3.63, 3.8) is 0 Å². The summed E-state index contributed by atoms with van der Waals surface area (Å²) in [7, 11) is -3.28. The second kappa shape index (κ2) is 7.81. The maximum Gasteiger partial charge on any atom is 0.178 e. The van der Waals surface area contributed by atoms with Crippen LogP contribution in [0.3, 0.4) is 0 Å². The molecule has 0 atom stereocenters. The predicted molar refractivity (Wildman–Crippen MR) is 88.2 cm³/mol. The highest BCUT2D eigenvalue weighted by atomic mass is 32.2. The average Bonchev–Trinajstić information content (AvgIpc) is 2.49. The number of carboxylic acid groups (broad SMARTS) is 1. The molecule has 1 aliphatic rings. The van der Waals surface area contributed by atoms with Gasteiger partial charge >= 0.3 is 0 Å². The number of rotatable bonds is 4. The standard InChI is InChI=1S/C17H25NO4S/c1-2-23(21,22)16-12-10-15(11-13-16)18(17(19)20)14-8-6-4-3-5-7-9-14/h10-14H,2-9H2,1H3,(H,19,20)/p-1. The Kier molecular flexibility index (Phi) is 6.04. The summed E-state index contributed by atoms with van der Waals surface area (Å²) >= 11 is 0. The van der Waals surface area contributed by atoms with E-state index in [9.17, 15) is 18.3 Å². The van der Waals surface area contributed by atoms with Crippen LogP contribution in [-0.2, 0) is 9.84 Å².